The lowest BCUT2D eigenvalue weighted by atomic mass is 10.1. The van der Waals surface area contributed by atoms with Gasteiger partial charge >= 0.3 is 5.97 Å². The van der Waals surface area contributed by atoms with Crippen LogP contribution in [-0.4, -0.2) is 40.0 Å². The number of thioether (sulfide) groups is 1. The third-order valence-corrected chi connectivity index (χ3v) is 3.26. The van der Waals surface area contributed by atoms with Crippen LogP contribution in [0.3, 0.4) is 0 Å². The number of amides is 1. The lowest BCUT2D eigenvalue weighted by Gasteiger charge is -2.14. The van der Waals surface area contributed by atoms with Crippen molar-refractivity contribution < 1.29 is 24.0 Å². The lowest BCUT2D eigenvalue weighted by molar-refractivity contribution is -0.385. The van der Waals surface area contributed by atoms with Gasteiger partial charge in [0.25, 0.3) is 11.6 Å². The molecular formula is C12H13FN2O5S. The van der Waals surface area contributed by atoms with Gasteiger partial charge in [0.1, 0.15) is 17.4 Å². The van der Waals surface area contributed by atoms with Gasteiger partial charge < -0.3 is 10.4 Å². The molecule has 114 valence electrons. The molecular weight excluding hydrogens is 303 g/mol. The monoisotopic (exact) mass is 316 g/mol. The van der Waals surface area contributed by atoms with Crippen molar-refractivity contribution in [1.82, 2.24) is 5.32 Å². The predicted molar refractivity (Wildman–Crippen MR) is 74.9 cm³/mol. The molecule has 1 atom stereocenters. The highest BCUT2D eigenvalue weighted by Gasteiger charge is 2.25. The Hall–Kier alpha value is -2.16. The second-order valence-corrected chi connectivity index (χ2v) is 5.05. The average Bonchev–Trinajstić information content (AvgIpc) is 2.42. The molecule has 1 aromatic rings. The number of hydrogen-bond donors (Lipinski definition) is 2. The van der Waals surface area contributed by atoms with Crippen molar-refractivity contribution in [3.63, 3.8) is 0 Å². The maximum absolute atomic E-state index is 13.1. The Labute approximate surface area is 123 Å². The van der Waals surface area contributed by atoms with Crippen LogP contribution in [0.15, 0.2) is 18.2 Å². The number of nitrogens with zero attached hydrogens (tertiary/aromatic N) is 1. The fourth-order valence-corrected chi connectivity index (χ4v) is 2.05. The number of halogens is 1. The zero-order chi connectivity index (χ0) is 16.0. The molecule has 0 heterocycles. The molecule has 0 aliphatic rings. The van der Waals surface area contributed by atoms with Gasteiger partial charge in [-0.1, -0.05) is 0 Å². The van der Waals surface area contributed by atoms with Crippen LogP contribution in [0.5, 0.6) is 0 Å². The SMILES string of the molecule is CSCC[C@@H](NC(=O)c1cc(F)ccc1[N+](=O)[O-])C(=O)O. The van der Waals surface area contributed by atoms with Gasteiger partial charge in [-0.3, -0.25) is 14.9 Å². The highest BCUT2D eigenvalue weighted by molar-refractivity contribution is 7.98. The molecule has 0 aromatic heterocycles. The Morgan fingerprint density at radius 2 is 2.19 bits per heavy atom. The molecule has 21 heavy (non-hydrogen) atoms. The molecule has 0 aliphatic carbocycles. The first-order valence-corrected chi connectivity index (χ1v) is 7.22. The van der Waals surface area contributed by atoms with Gasteiger partial charge in [0, 0.05) is 6.07 Å². The number of carboxylic acids is 1. The first-order valence-electron chi connectivity index (χ1n) is 5.83. The van der Waals surface area contributed by atoms with E-state index in [1.54, 1.807) is 6.26 Å². The summed E-state index contributed by atoms with van der Waals surface area (Å²) >= 11 is 1.40. The molecule has 9 heteroatoms. The number of nitrogens with one attached hydrogen (secondary N) is 1. The first-order chi connectivity index (χ1) is 9.86. The fraction of sp³-hybridized carbons (Fsp3) is 0.333. The highest BCUT2D eigenvalue weighted by Crippen LogP contribution is 2.19. The van der Waals surface area contributed by atoms with Crippen LogP contribution in [0.1, 0.15) is 16.8 Å². The molecule has 0 unspecified atom stereocenters. The van der Waals surface area contributed by atoms with Crippen LogP contribution >= 0.6 is 11.8 Å². The van der Waals surface area contributed by atoms with E-state index in [0.29, 0.717) is 11.8 Å². The zero-order valence-electron chi connectivity index (χ0n) is 11.0. The van der Waals surface area contributed by atoms with Gasteiger partial charge in [0.05, 0.1) is 4.92 Å². The number of nitro benzene ring substituents is 1. The second kappa shape index (κ2) is 7.58. The molecule has 1 aromatic carbocycles. The Kier molecular flexibility index (Phi) is 6.10. The summed E-state index contributed by atoms with van der Waals surface area (Å²) < 4.78 is 13.1. The molecule has 0 radical (unpaired) electrons. The second-order valence-electron chi connectivity index (χ2n) is 4.06. The van der Waals surface area contributed by atoms with Crippen LogP contribution in [0.25, 0.3) is 0 Å². The van der Waals surface area contributed by atoms with Crippen LogP contribution in [0, 0.1) is 15.9 Å². The standard InChI is InChI=1S/C12H13FN2O5S/c1-21-5-4-9(12(17)18)14-11(16)8-6-7(13)2-3-10(8)15(19)20/h2-3,6,9H,4-5H2,1H3,(H,14,16)(H,17,18)/t9-/m1/s1. The number of nitro groups is 1. The zero-order valence-corrected chi connectivity index (χ0v) is 11.9. The number of aliphatic carboxylic acids is 1. The average molecular weight is 316 g/mol. The van der Waals surface area contributed by atoms with E-state index in [1.165, 1.54) is 11.8 Å². The Morgan fingerprint density at radius 3 is 2.71 bits per heavy atom. The third kappa shape index (κ3) is 4.71. The van der Waals surface area contributed by atoms with E-state index in [1.807, 2.05) is 0 Å². The van der Waals surface area contributed by atoms with Gasteiger partial charge in [0.2, 0.25) is 0 Å². The van der Waals surface area contributed by atoms with E-state index < -0.39 is 39.9 Å². The summed E-state index contributed by atoms with van der Waals surface area (Å²) in [6.07, 6.45) is 1.93. The first kappa shape index (κ1) is 16.9. The molecule has 0 spiro atoms. The van der Waals surface area contributed by atoms with Crippen LogP contribution in [0.2, 0.25) is 0 Å². The Bertz CT molecular complexity index is 567. The van der Waals surface area contributed by atoms with Crippen LogP contribution in [0.4, 0.5) is 10.1 Å². The number of carboxylic acid groups (broad SMARTS) is 1. The van der Waals surface area contributed by atoms with Crippen molar-refractivity contribution in [2.75, 3.05) is 12.0 Å². The lowest BCUT2D eigenvalue weighted by Crippen LogP contribution is -2.41. The summed E-state index contributed by atoms with van der Waals surface area (Å²) in [4.78, 5) is 33.0. The van der Waals surface area contributed by atoms with Crippen molar-refractivity contribution >= 4 is 29.3 Å². The van der Waals surface area contributed by atoms with E-state index in [4.69, 9.17) is 5.11 Å². The van der Waals surface area contributed by atoms with Gasteiger partial charge in [-0.25, -0.2) is 9.18 Å². The van der Waals surface area contributed by atoms with Gasteiger partial charge in [-0.15, -0.1) is 0 Å². The van der Waals surface area contributed by atoms with Crippen molar-refractivity contribution in [3.05, 3.63) is 39.7 Å². The fourth-order valence-electron chi connectivity index (χ4n) is 1.58. The summed E-state index contributed by atoms with van der Waals surface area (Å²) in [6, 6.07) is 1.24. The van der Waals surface area contributed by atoms with Gasteiger partial charge in [0.15, 0.2) is 0 Å². The molecule has 0 saturated heterocycles. The molecule has 1 amide bonds. The number of carbonyl (C=O) groups is 2. The van der Waals surface area contributed by atoms with Crippen molar-refractivity contribution in [3.8, 4) is 0 Å². The summed E-state index contributed by atoms with van der Waals surface area (Å²) in [5.41, 5.74) is -1.08. The van der Waals surface area contributed by atoms with Crippen LogP contribution < -0.4 is 5.32 Å². The maximum Gasteiger partial charge on any atom is 0.326 e. The van der Waals surface area contributed by atoms with Crippen molar-refractivity contribution in [2.45, 2.75) is 12.5 Å². The van der Waals surface area contributed by atoms with E-state index in [9.17, 15) is 24.1 Å². The number of rotatable bonds is 7. The van der Waals surface area contributed by atoms with Gasteiger partial charge in [-0.05, 0) is 30.6 Å². The topological polar surface area (TPSA) is 110 Å². The van der Waals surface area contributed by atoms with E-state index in [-0.39, 0.29) is 6.42 Å². The molecule has 0 saturated carbocycles. The smallest absolute Gasteiger partial charge is 0.326 e. The molecule has 0 bridgehead atoms. The van der Waals surface area contributed by atoms with Crippen LogP contribution in [-0.2, 0) is 4.79 Å². The van der Waals surface area contributed by atoms with E-state index >= 15 is 0 Å². The minimum atomic E-state index is -1.25. The van der Waals surface area contributed by atoms with Crippen molar-refractivity contribution in [1.29, 1.82) is 0 Å². The predicted octanol–water partition coefficient (Wildman–Crippen LogP) is 1.67. The Morgan fingerprint density at radius 1 is 1.52 bits per heavy atom. The summed E-state index contributed by atoms with van der Waals surface area (Å²) in [5, 5.41) is 22.0. The van der Waals surface area contributed by atoms with E-state index in [2.05, 4.69) is 5.32 Å². The van der Waals surface area contributed by atoms with Crippen molar-refractivity contribution in [2.24, 2.45) is 0 Å². The minimum absolute atomic E-state index is 0.158. The summed E-state index contributed by atoms with van der Waals surface area (Å²) in [7, 11) is 0. The minimum Gasteiger partial charge on any atom is -0.480 e. The Balaban J connectivity index is 2.99. The summed E-state index contributed by atoms with van der Waals surface area (Å²) in [6.45, 7) is 0. The molecule has 0 aliphatic heterocycles. The highest BCUT2D eigenvalue weighted by atomic mass is 32.2. The largest absolute Gasteiger partial charge is 0.480 e. The number of hydrogen-bond acceptors (Lipinski definition) is 5. The molecule has 1 rings (SSSR count). The number of benzene rings is 1. The normalized spacial score (nSPS) is 11.7. The molecule has 2 N–H and O–H groups in total. The van der Waals surface area contributed by atoms with Gasteiger partial charge in [-0.2, -0.15) is 11.8 Å². The molecule has 0 fully saturated rings. The summed E-state index contributed by atoms with van der Waals surface area (Å²) in [5.74, 6) is -2.57. The third-order valence-electron chi connectivity index (χ3n) is 2.61. The number of carbonyl (C=O) groups excluding carboxylic acids is 1. The molecule has 7 nitrogen and oxygen atoms in total. The maximum atomic E-state index is 13.1. The quantitative estimate of drug-likeness (QED) is 0.585. The van der Waals surface area contributed by atoms with E-state index in [0.717, 1.165) is 12.1 Å².